The first-order valence-corrected chi connectivity index (χ1v) is 6.54. The molecular weight excluding hydrogens is 280 g/mol. The molecule has 0 aliphatic heterocycles. The second-order valence-electron chi connectivity index (χ2n) is 4.65. The van der Waals surface area contributed by atoms with E-state index in [1.54, 1.807) is 24.3 Å². The summed E-state index contributed by atoms with van der Waals surface area (Å²) in [7, 11) is 0. The summed E-state index contributed by atoms with van der Waals surface area (Å²) in [5, 5.41) is 19.6. The summed E-state index contributed by atoms with van der Waals surface area (Å²) in [6.07, 6.45) is 0. The third kappa shape index (κ3) is 3.46. The fourth-order valence-corrected chi connectivity index (χ4v) is 1.94. The Balaban J connectivity index is 0.000000164. The third-order valence-electron chi connectivity index (χ3n) is 3.09. The maximum Gasteiger partial charge on any atom is 0.335 e. The summed E-state index contributed by atoms with van der Waals surface area (Å²) in [6.45, 7) is 0. The number of fused-ring (bicyclic) bond motifs is 1. The van der Waals surface area contributed by atoms with Gasteiger partial charge in [0.2, 0.25) is 0 Å². The lowest BCUT2D eigenvalue weighted by atomic mass is 10.1. The number of phenols is 1. The van der Waals surface area contributed by atoms with E-state index in [-0.39, 0.29) is 11.3 Å². The smallest absolute Gasteiger partial charge is 0.335 e. The monoisotopic (exact) mass is 296 g/mol. The first kappa shape index (κ1) is 15.2. The Morgan fingerprint density at radius 2 is 1.41 bits per heavy atom. The van der Waals surface area contributed by atoms with Crippen molar-refractivity contribution in [1.29, 1.82) is 0 Å². The number of carboxylic acids is 1. The molecular formula is C17H16N2O3. The molecule has 5 nitrogen and oxygen atoms in total. The van der Waals surface area contributed by atoms with Crippen molar-refractivity contribution in [2.24, 2.45) is 0 Å². The minimum absolute atomic E-state index is 0.259. The van der Waals surface area contributed by atoms with Crippen molar-refractivity contribution in [3.63, 3.8) is 0 Å². The maximum atomic E-state index is 10.3. The molecule has 0 unspecified atom stereocenters. The predicted octanol–water partition coefficient (Wildman–Crippen LogP) is 3.09. The van der Waals surface area contributed by atoms with Crippen LogP contribution in [0.15, 0.2) is 60.7 Å². The van der Waals surface area contributed by atoms with E-state index in [0.717, 1.165) is 10.8 Å². The molecule has 0 spiro atoms. The fraction of sp³-hybridized carbons (Fsp3) is 0. The van der Waals surface area contributed by atoms with E-state index in [9.17, 15) is 9.90 Å². The van der Waals surface area contributed by atoms with Gasteiger partial charge in [-0.2, -0.15) is 0 Å². The van der Waals surface area contributed by atoms with Crippen LogP contribution in [0.5, 0.6) is 5.75 Å². The summed E-state index contributed by atoms with van der Waals surface area (Å²) in [6, 6.07) is 16.9. The van der Waals surface area contributed by atoms with Gasteiger partial charge in [0, 0.05) is 22.1 Å². The van der Waals surface area contributed by atoms with E-state index in [2.05, 4.69) is 0 Å². The van der Waals surface area contributed by atoms with Gasteiger partial charge >= 0.3 is 5.97 Å². The van der Waals surface area contributed by atoms with Gasteiger partial charge in [0.1, 0.15) is 5.75 Å². The van der Waals surface area contributed by atoms with Crippen molar-refractivity contribution in [1.82, 2.24) is 0 Å². The van der Waals surface area contributed by atoms with E-state index in [4.69, 9.17) is 16.6 Å². The fourth-order valence-electron chi connectivity index (χ4n) is 1.94. The number of anilines is 2. The summed E-state index contributed by atoms with van der Waals surface area (Å²) >= 11 is 0. The highest BCUT2D eigenvalue weighted by Gasteiger charge is 2.00. The van der Waals surface area contributed by atoms with Crippen molar-refractivity contribution in [3.8, 4) is 5.75 Å². The zero-order valence-electron chi connectivity index (χ0n) is 11.7. The van der Waals surface area contributed by atoms with Gasteiger partial charge in [-0.3, -0.25) is 0 Å². The SMILES string of the molecule is Nc1ccc(C(=O)O)cc1.Nc1cccc2c(O)cccc12. The minimum Gasteiger partial charge on any atom is -0.507 e. The number of carboxylic acid groups (broad SMARTS) is 1. The Bertz CT molecular complexity index is 757. The van der Waals surface area contributed by atoms with E-state index in [1.165, 1.54) is 12.1 Å². The maximum absolute atomic E-state index is 10.3. The van der Waals surface area contributed by atoms with Crippen molar-refractivity contribution in [3.05, 3.63) is 66.2 Å². The number of nitrogens with two attached hydrogens (primary N) is 2. The summed E-state index contributed by atoms with van der Waals surface area (Å²) in [5.41, 5.74) is 12.6. The van der Waals surface area contributed by atoms with Gasteiger partial charge in [0.15, 0.2) is 0 Å². The van der Waals surface area contributed by atoms with E-state index < -0.39 is 5.97 Å². The Labute approximate surface area is 127 Å². The zero-order valence-corrected chi connectivity index (χ0v) is 11.7. The lowest BCUT2D eigenvalue weighted by Gasteiger charge is -2.02. The van der Waals surface area contributed by atoms with Crippen LogP contribution in [0.3, 0.4) is 0 Å². The topological polar surface area (TPSA) is 110 Å². The molecule has 0 saturated carbocycles. The molecule has 3 aromatic rings. The van der Waals surface area contributed by atoms with Gasteiger partial charge in [-0.25, -0.2) is 4.79 Å². The summed E-state index contributed by atoms with van der Waals surface area (Å²) in [5.74, 6) is -0.653. The molecule has 0 amide bonds. The summed E-state index contributed by atoms with van der Waals surface area (Å²) < 4.78 is 0. The molecule has 0 radical (unpaired) electrons. The highest BCUT2D eigenvalue weighted by atomic mass is 16.4. The molecule has 0 saturated heterocycles. The number of hydrogen-bond acceptors (Lipinski definition) is 4. The standard InChI is InChI=1S/C10H9NO.C7H7NO2/c11-9-5-1-4-8-7(9)3-2-6-10(8)12;8-6-3-1-5(2-4-6)7(9)10/h1-6,12H,11H2;1-4H,8H2,(H,9,10). The van der Waals surface area contributed by atoms with Gasteiger partial charge in [-0.15, -0.1) is 0 Å². The normalized spacial score (nSPS) is 9.82. The van der Waals surface area contributed by atoms with Crippen molar-refractivity contribution >= 4 is 28.1 Å². The first-order valence-electron chi connectivity index (χ1n) is 6.54. The number of aromatic hydroxyl groups is 1. The van der Waals surface area contributed by atoms with Crippen LogP contribution in [0, 0.1) is 0 Å². The van der Waals surface area contributed by atoms with Crippen LogP contribution in [-0.4, -0.2) is 16.2 Å². The molecule has 0 bridgehead atoms. The third-order valence-corrected chi connectivity index (χ3v) is 3.09. The second-order valence-corrected chi connectivity index (χ2v) is 4.65. The molecule has 22 heavy (non-hydrogen) atoms. The van der Waals surface area contributed by atoms with Crippen LogP contribution in [0.1, 0.15) is 10.4 Å². The van der Waals surface area contributed by atoms with E-state index in [0.29, 0.717) is 11.4 Å². The van der Waals surface area contributed by atoms with Crippen LogP contribution in [0.25, 0.3) is 10.8 Å². The van der Waals surface area contributed by atoms with Crippen LogP contribution in [-0.2, 0) is 0 Å². The molecule has 0 atom stereocenters. The number of benzene rings is 3. The Hall–Kier alpha value is -3.21. The largest absolute Gasteiger partial charge is 0.507 e. The molecule has 0 heterocycles. The molecule has 0 aromatic heterocycles. The molecule has 0 aliphatic rings. The van der Waals surface area contributed by atoms with Gasteiger partial charge in [0.25, 0.3) is 0 Å². The van der Waals surface area contributed by atoms with E-state index >= 15 is 0 Å². The quantitative estimate of drug-likeness (QED) is 0.516. The highest BCUT2D eigenvalue weighted by molar-refractivity contribution is 5.96. The summed E-state index contributed by atoms with van der Waals surface area (Å²) in [4.78, 5) is 10.3. The number of phenolic OH excluding ortho intramolecular Hbond substituents is 1. The van der Waals surface area contributed by atoms with Gasteiger partial charge in [-0.1, -0.05) is 24.3 Å². The van der Waals surface area contributed by atoms with Gasteiger partial charge in [0.05, 0.1) is 5.56 Å². The molecule has 6 N–H and O–H groups in total. The average molecular weight is 296 g/mol. The average Bonchev–Trinajstić information content (AvgIpc) is 2.50. The molecule has 112 valence electrons. The highest BCUT2D eigenvalue weighted by Crippen LogP contribution is 2.27. The lowest BCUT2D eigenvalue weighted by Crippen LogP contribution is -1.95. The van der Waals surface area contributed by atoms with Crippen LogP contribution >= 0.6 is 0 Å². The van der Waals surface area contributed by atoms with Crippen molar-refractivity contribution in [2.45, 2.75) is 0 Å². The van der Waals surface area contributed by atoms with Gasteiger partial charge in [-0.05, 0) is 36.4 Å². The molecule has 0 aliphatic carbocycles. The molecule has 3 aromatic carbocycles. The molecule has 0 fully saturated rings. The first-order chi connectivity index (χ1) is 10.5. The van der Waals surface area contributed by atoms with Crippen molar-refractivity contribution < 1.29 is 15.0 Å². The number of rotatable bonds is 1. The van der Waals surface area contributed by atoms with Crippen LogP contribution in [0.4, 0.5) is 11.4 Å². The minimum atomic E-state index is -0.931. The Kier molecular flexibility index (Phi) is 4.48. The number of nitrogen functional groups attached to an aromatic ring is 2. The lowest BCUT2D eigenvalue weighted by molar-refractivity contribution is 0.0697. The van der Waals surface area contributed by atoms with Crippen molar-refractivity contribution in [2.75, 3.05) is 11.5 Å². The molecule has 3 rings (SSSR count). The van der Waals surface area contributed by atoms with Gasteiger partial charge < -0.3 is 21.7 Å². The number of carbonyl (C=O) groups is 1. The van der Waals surface area contributed by atoms with Crippen LogP contribution < -0.4 is 11.5 Å². The Morgan fingerprint density at radius 1 is 0.818 bits per heavy atom. The number of aromatic carboxylic acids is 1. The Morgan fingerprint density at radius 3 is 2.00 bits per heavy atom. The van der Waals surface area contributed by atoms with Crippen LogP contribution in [0.2, 0.25) is 0 Å². The zero-order chi connectivity index (χ0) is 16.1. The second kappa shape index (κ2) is 6.49. The van der Waals surface area contributed by atoms with E-state index in [1.807, 2.05) is 24.3 Å². The predicted molar refractivity (Wildman–Crippen MR) is 87.8 cm³/mol. The number of hydrogen-bond donors (Lipinski definition) is 4. The molecule has 5 heteroatoms.